The fraction of sp³-hybridized carbons (Fsp3) is 0.278. The Morgan fingerprint density at radius 1 is 1.17 bits per heavy atom. The molecule has 0 aliphatic rings. The van der Waals surface area contributed by atoms with Gasteiger partial charge < -0.3 is 10.1 Å². The van der Waals surface area contributed by atoms with Crippen molar-refractivity contribution in [2.45, 2.75) is 26.2 Å². The lowest BCUT2D eigenvalue weighted by atomic mass is 9.87. The van der Waals surface area contributed by atoms with E-state index in [4.69, 9.17) is 11.6 Å². The summed E-state index contributed by atoms with van der Waals surface area (Å²) in [6.45, 7) is 6.33. The molecule has 24 heavy (non-hydrogen) atoms. The van der Waals surface area contributed by atoms with E-state index in [9.17, 15) is 9.59 Å². The van der Waals surface area contributed by atoms with Crippen LogP contribution in [0, 0.1) is 0 Å². The van der Waals surface area contributed by atoms with Crippen LogP contribution >= 0.6 is 11.6 Å². The van der Waals surface area contributed by atoms with Crippen LogP contribution < -0.4 is 5.32 Å². The van der Waals surface area contributed by atoms with Gasteiger partial charge in [-0.25, -0.2) is 9.78 Å². The van der Waals surface area contributed by atoms with Gasteiger partial charge in [0.15, 0.2) is 5.69 Å². The number of halogens is 1. The number of nitrogens with one attached hydrogen (secondary N) is 1. The van der Waals surface area contributed by atoms with Crippen molar-refractivity contribution in [3.8, 4) is 0 Å². The monoisotopic (exact) mass is 346 g/mol. The van der Waals surface area contributed by atoms with Crippen molar-refractivity contribution in [1.82, 2.24) is 4.98 Å². The Labute approximate surface area is 146 Å². The van der Waals surface area contributed by atoms with Crippen LogP contribution in [0.3, 0.4) is 0 Å². The van der Waals surface area contributed by atoms with Crippen LogP contribution in [0.5, 0.6) is 0 Å². The van der Waals surface area contributed by atoms with Gasteiger partial charge >= 0.3 is 5.97 Å². The highest BCUT2D eigenvalue weighted by Crippen LogP contribution is 2.23. The zero-order valence-corrected chi connectivity index (χ0v) is 14.8. The molecule has 1 aromatic heterocycles. The number of benzene rings is 1. The molecular weight excluding hydrogens is 328 g/mol. The minimum absolute atomic E-state index is 0.00620. The molecule has 0 saturated carbocycles. The zero-order valence-electron chi connectivity index (χ0n) is 14.0. The Hall–Kier alpha value is -2.40. The molecule has 2 aromatic rings. The number of hydrogen-bond acceptors (Lipinski definition) is 4. The molecule has 0 aliphatic heterocycles. The number of ether oxygens (including phenoxy) is 1. The van der Waals surface area contributed by atoms with Crippen LogP contribution in [0.4, 0.5) is 5.69 Å². The maximum absolute atomic E-state index is 12.3. The molecule has 5 nitrogen and oxygen atoms in total. The molecule has 1 heterocycles. The van der Waals surface area contributed by atoms with E-state index in [1.54, 1.807) is 12.1 Å². The molecule has 0 radical (unpaired) electrons. The van der Waals surface area contributed by atoms with Crippen LogP contribution in [0.25, 0.3) is 0 Å². The van der Waals surface area contributed by atoms with Crippen molar-refractivity contribution in [1.29, 1.82) is 0 Å². The van der Waals surface area contributed by atoms with Crippen molar-refractivity contribution in [3.05, 3.63) is 58.4 Å². The van der Waals surface area contributed by atoms with E-state index in [0.717, 1.165) is 5.56 Å². The lowest BCUT2D eigenvalue weighted by molar-refractivity contribution is 0.0594. The van der Waals surface area contributed by atoms with Gasteiger partial charge in [-0.1, -0.05) is 44.5 Å². The molecule has 0 aliphatic carbocycles. The molecule has 2 rings (SSSR count). The van der Waals surface area contributed by atoms with Gasteiger partial charge in [-0.05, 0) is 29.2 Å². The number of rotatable bonds is 3. The van der Waals surface area contributed by atoms with Crippen molar-refractivity contribution in [3.63, 3.8) is 0 Å². The number of carbonyl (C=O) groups excluding carboxylic acids is 2. The predicted octanol–water partition coefficient (Wildman–Crippen LogP) is 4.07. The van der Waals surface area contributed by atoms with E-state index in [-0.39, 0.29) is 22.0 Å². The van der Waals surface area contributed by atoms with E-state index in [0.29, 0.717) is 11.3 Å². The molecule has 0 spiro atoms. The summed E-state index contributed by atoms with van der Waals surface area (Å²) < 4.78 is 4.57. The van der Waals surface area contributed by atoms with Gasteiger partial charge in [-0.3, -0.25) is 4.79 Å². The van der Waals surface area contributed by atoms with E-state index in [1.807, 2.05) is 12.1 Å². The minimum Gasteiger partial charge on any atom is -0.464 e. The first-order chi connectivity index (χ1) is 11.2. The quantitative estimate of drug-likeness (QED) is 0.850. The zero-order chi connectivity index (χ0) is 17.9. The molecule has 0 fully saturated rings. The first kappa shape index (κ1) is 17.9. The summed E-state index contributed by atoms with van der Waals surface area (Å²) in [5, 5.41) is 2.82. The van der Waals surface area contributed by atoms with Gasteiger partial charge in [0.05, 0.1) is 24.0 Å². The largest absolute Gasteiger partial charge is 0.464 e. The SMILES string of the molecule is COC(=O)c1ncc(NC(=O)c2ccc(C(C)(C)C)cc2)cc1Cl. The Bertz CT molecular complexity index is 765. The molecule has 0 unspecified atom stereocenters. The van der Waals surface area contributed by atoms with E-state index >= 15 is 0 Å². The maximum Gasteiger partial charge on any atom is 0.358 e. The summed E-state index contributed by atoms with van der Waals surface area (Å²) in [6.07, 6.45) is 1.36. The summed E-state index contributed by atoms with van der Waals surface area (Å²) in [5.41, 5.74) is 2.10. The second-order valence-electron chi connectivity index (χ2n) is 6.33. The van der Waals surface area contributed by atoms with Gasteiger partial charge in [0.1, 0.15) is 0 Å². The number of esters is 1. The van der Waals surface area contributed by atoms with E-state index in [2.05, 4.69) is 35.8 Å². The third-order valence-electron chi connectivity index (χ3n) is 3.49. The Balaban J connectivity index is 2.15. The first-order valence-electron chi connectivity index (χ1n) is 7.38. The lowest BCUT2D eigenvalue weighted by Gasteiger charge is -2.19. The lowest BCUT2D eigenvalue weighted by Crippen LogP contribution is -2.15. The molecule has 0 bridgehead atoms. The van der Waals surface area contributed by atoms with Crippen LogP contribution in [0.1, 0.15) is 47.2 Å². The third-order valence-corrected chi connectivity index (χ3v) is 3.78. The molecule has 1 amide bonds. The highest BCUT2D eigenvalue weighted by molar-refractivity contribution is 6.33. The fourth-order valence-corrected chi connectivity index (χ4v) is 2.32. The Kier molecular flexibility index (Phi) is 5.24. The number of pyridine rings is 1. The molecule has 1 N–H and O–H groups in total. The summed E-state index contributed by atoms with van der Waals surface area (Å²) in [4.78, 5) is 27.7. The fourth-order valence-electron chi connectivity index (χ4n) is 2.08. The van der Waals surface area contributed by atoms with Gasteiger partial charge in [0.25, 0.3) is 5.91 Å². The van der Waals surface area contributed by atoms with Gasteiger partial charge in [-0.2, -0.15) is 0 Å². The van der Waals surface area contributed by atoms with Crippen molar-refractivity contribution in [2.24, 2.45) is 0 Å². The van der Waals surface area contributed by atoms with Crippen molar-refractivity contribution >= 4 is 29.2 Å². The first-order valence-corrected chi connectivity index (χ1v) is 7.76. The van der Waals surface area contributed by atoms with Crippen molar-refractivity contribution in [2.75, 3.05) is 12.4 Å². The number of anilines is 1. The maximum atomic E-state index is 12.3. The second kappa shape index (κ2) is 7.01. The van der Waals surface area contributed by atoms with Crippen LogP contribution in [-0.2, 0) is 10.2 Å². The van der Waals surface area contributed by atoms with Crippen molar-refractivity contribution < 1.29 is 14.3 Å². The number of methoxy groups -OCH3 is 1. The van der Waals surface area contributed by atoms with E-state index < -0.39 is 5.97 Å². The number of aromatic nitrogens is 1. The Morgan fingerprint density at radius 3 is 2.29 bits per heavy atom. The third kappa shape index (κ3) is 4.11. The summed E-state index contributed by atoms with van der Waals surface area (Å²) >= 11 is 5.99. The molecule has 1 aromatic carbocycles. The molecular formula is C18H19ClN2O3. The smallest absolute Gasteiger partial charge is 0.358 e. The number of nitrogens with zero attached hydrogens (tertiary/aromatic N) is 1. The topological polar surface area (TPSA) is 68.3 Å². The highest BCUT2D eigenvalue weighted by Gasteiger charge is 2.16. The van der Waals surface area contributed by atoms with Crippen LogP contribution in [0.15, 0.2) is 36.5 Å². The summed E-state index contributed by atoms with van der Waals surface area (Å²) in [7, 11) is 1.25. The average molecular weight is 347 g/mol. The summed E-state index contributed by atoms with van der Waals surface area (Å²) in [5.74, 6) is -0.908. The molecule has 0 saturated heterocycles. The normalized spacial score (nSPS) is 11.0. The van der Waals surface area contributed by atoms with Gasteiger partial charge in [0.2, 0.25) is 0 Å². The highest BCUT2D eigenvalue weighted by atomic mass is 35.5. The number of carbonyl (C=O) groups is 2. The van der Waals surface area contributed by atoms with E-state index in [1.165, 1.54) is 19.4 Å². The number of amides is 1. The molecule has 6 heteroatoms. The number of hydrogen-bond donors (Lipinski definition) is 1. The second-order valence-corrected chi connectivity index (χ2v) is 6.73. The van der Waals surface area contributed by atoms with Crippen LogP contribution in [-0.4, -0.2) is 24.0 Å². The van der Waals surface area contributed by atoms with Gasteiger partial charge in [0, 0.05) is 5.56 Å². The molecule has 126 valence electrons. The predicted molar refractivity (Wildman–Crippen MR) is 93.7 cm³/mol. The average Bonchev–Trinajstić information content (AvgIpc) is 2.53. The van der Waals surface area contributed by atoms with Gasteiger partial charge in [-0.15, -0.1) is 0 Å². The van der Waals surface area contributed by atoms with Crippen LogP contribution in [0.2, 0.25) is 5.02 Å². The molecule has 0 atom stereocenters. The Morgan fingerprint density at radius 2 is 1.79 bits per heavy atom. The standard InChI is InChI=1S/C18H19ClN2O3/c1-18(2,3)12-7-5-11(6-8-12)16(22)21-13-9-14(19)15(20-10-13)17(23)24-4/h5-10H,1-4H3,(H,21,22). The summed E-state index contributed by atoms with van der Waals surface area (Å²) in [6, 6.07) is 8.87. The minimum atomic E-state index is -0.629.